The van der Waals surface area contributed by atoms with Gasteiger partial charge < -0.3 is 19.7 Å². The number of amides is 2. The van der Waals surface area contributed by atoms with Crippen LogP contribution in [0.5, 0.6) is 5.75 Å². The maximum atomic E-state index is 12.9. The summed E-state index contributed by atoms with van der Waals surface area (Å²) in [5, 5.41) is 2.60. The number of carbonyl (C=O) groups excluding carboxylic acids is 2. The van der Waals surface area contributed by atoms with E-state index in [4.69, 9.17) is 21.7 Å². The molecule has 4 rings (SSSR count). The molecular formula is C22H20N2O4S2. The average Bonchev–Trinajstić information content (AvgIpc) is 2.93. The molecule has 2 aromatic carbocycles. The van der Waals surface area contributed by atoms with Gasteiger partial charge in [-0.3, -0.25) is 9.59 Å². The molecule has 2 aliphatic heterocycles. The summed E-state index contributed by atoms with van der Waals surface area (Å²) in [6.07, 6.45) is 2.49. The molecule has 0 aliphatic carbocycles. The monoisotopic (exact) mass is 440 g/mol. The highest BCUT2D eigenvalue weighted by molar-refractivity contribution is 8.26. The van der Waals surface area contributed by atoms with Crippen molar-refractivity contribution in [2.45, 2.75) is 13.0 Å². The number of anilines is 1. The Kier molecular flexibility index (Phi) is 6.47. The summed E-state index contributed by atoms with van der Waals surface area (Å²) < 4.78 is 11.9. The molecule has 0 bridgehead atoms. The van der Waals surface area contributed by atoms with Gasteiger partial charge in [0, 0.05) is 6.54 Å². The Morgan fingerprint density at radius 2 is 2.10 bits per heavy atom. The van der Waals surface area contributed by atoms with Crippen LogP contribution in [0.3, 0.4) is 0 Å². The van der Waals surface area contributed by atoms with E-state index in [0.29, 0.717) is 40.4 Å². The van der Waals surface area contributed by atoms with Gasteiger partial charge in [0.25, 0.3) is 11.8 Å². The fraction of sp³-hybridized carbons (Fsp3) is 0.227. The molecule has 154 valence electrons. The van der Waals surface area contributed by atoms with Crippen LogP contribution in [0, 0.1) is 0 Å². The van der Waals surface area contributed by atoms with E-state index in [1.807, 2.05) is 48.5 Å². The molecular weight excluding hydrogens is 420 g/mol. The minimum atomic E-state index is -0.210. The van der Waals surface area contributed by atoms with Crippen LogP contribution in [0.1, 0.15) is 17.5 Å². The summed E-state index contributed by atoms with van der Waals surface area (Å²) in [4.78, 5) is 27.1. The van der Waals surface area contributed by atoms with E-state index >= 15 is 0 Å². The molecule has 30 heavy (non-hydrogen) atoms. The van der Waals surface area contributed by atoms with Crippen molar-refractivity contribution in [3.63, 3.8) is 0 Å². The summed E-state index contributed by atoms with van der Waals surface area (Å²) in [5.41, 5.74) is 2.50. The topological polar surface area (TPSA) is 67.9 Å². The van der Waals surface area contributed by atoms with E-state index in [0.717, 1.165) is 17.5 Å². The van der Waals surface area contributed by atoms with Gasteiger partial charge in [-0.2, -0.15) is 0 Å². The third-order valence-corrected chi connectivity index (χ3v) is 5.80. The maximum absolute atomic E-state index is 12.9. The number of fused-ring (bicyclic) bond motifs is 1. The lowest BCUT2D eigenvalue weighted by Gasteiger charge is -2.22. The van der Waals surface area contributed by atoms with Crippen LogP contribution < -0.4 is 15.0 Å². The lowest BCUT2D eigenvalue weighted by Crippen LogP contribution is -2.34. The quantitative estimate of drug-likeness (QED) is 0.567. The normalized spacial score (nSPS) is 17.3. The molecule has 0 aromatic heterocycles. The lowest BCUT2D eigenvalue weighted by molar-refractivity contribution is -0.123. The molecule has 2 heterocycles. The number of benzene rings is 2. The first-order valence-corrected chi connectivity index (χ1v) is 10.8. The van der Waals surface area contributed by atoms with Crippen LogP contribution in [0.25, 0.3) is 6.08 Å². The summed E-state index contributed by atoms with van der Waals surface area (Å²) in [5.74, 6) is 0.306. The van der Waals surface area contributed by atoms with Crippen molar-refractivity contribution < 1.29 is 19.1 Å². The number of rotatable bonds is 5. The van der Waals surface area contributed by atoms with Gasteiger partial charge in [0.05, 0.1) is 23.8 Å². The van der Waals surface area contributed by atoms with E-state index < -0.39 is 0 Å². The molecule has 6 nitrogen and oxygen atoms in total. The van der Waals surface area contributed by atoms with Crippen LogP contribution in [0.15, 0.2) is 53.4 Å². The Hall–Kier alpha value is -2.68. The third-order valence-electron chi connectivity index (χ3n) is 4.64. The Morgan fingerprint density at radius 1 is 1.27 bits per heavy atom. The van der Waals surface area contributed by atoms with Crippen molar-refractivity contribution in [1.29, 1.82) is 0 Å². The SMILES string of the molecule is O=C1NC(=S)SC1=Cc1ccc2c(c1)N(C(=O)COCc1ccccc1)CCCO2. The van der Waals surface area contributed by atoms with Gasteiger partial charge in [0.15, 0.2) is 0 Å². The summed E-state index contributed by atoms with van der Waals surface area (Å²) >= 11 is 6.26. The zero-order valence-electron chi connectivity index (χ0n) is 16.1. The molecule has 1 saturated heterocycles. The van der Waals surface area contributed by atoms with Gasteiger partial charge >= 0.3 is 0 Å². The third kappa shape index (κ3) is 4.89. The van der Waals surface area contributed by atoms with Gasteiger partial charge in [-0.05, 0) is 35.8 Å². The zero-order chi connectivity index (χ0) is 20.9. The Morgan fingerprint density at radius 3 is 2.87 bits per heavy atom. The number of ether oxygens (including phenoxy) is 2. The van der Waals surface area contributed by atoms with Crippen LogP contribution in [0.2, 0.25) is 0 Å². The number of hydrogen-bond acceptors (Lipinski definition) is 6. The van der Waals surface area contributed by atoms with Crippen molar-refractivity contribution in [3.8, 4) is 5.75 Å². The number of nitrogens with one attached hydrogen (secondary N) is 1. The van der Waals surface area contributed by atoms with Gasteiger partial charge in [0.1, 0.15) is 16.7 Å². The van der Waals surface area contributed by atoms with E-state index in [1.54, 1.807) is 11.0 Å². The molecule has 1 N–H and O–H groups in total. The Labute approximate surface area is 184 Å². The first-order valence-electron chi connectivity index (χ1n) is 9.54. The molecule has 8 heteroatoms. The van der Waals surface area contributed by atoms with E-state index in [2.05, 4.69) is 5.32 Å². The van der Waals surface area contributed by atoms with E-state index in [1.165, 1.54) is 11.8 Å². The van der Waals surface area contributed by atoms with Crippen molar-refractivity contribution in [3.05, 3.63) is 64.6 Å². The second-order valence-corrected chi connectivity index (χ2v) is 8.52. The first-order chi connectivity index (χ1) is 14.6. The second kappa shape index (κ2) is 9.42. The number of nitrogens with zero attached hydrogens (tertiary/aromatic N) is 1. The molecule has 1 fully saturated rings. The van der Waals surface area contributed by atoms with Crippen LogP contribution in [0.4, 0.5) is 5.69 Å². The number of hydrogen-bond donors (Lipinski definition) is 1. The highest BCUT2D eigenvalue weighted by Gasteiger charge is 2.24. The predicted molar refractivity (Wildman–Crippen MR) is 121 cm³/mol. The molecule has 0 unspecified atom stereocenters. The standard InChI is InChI=1S/C22H20N2O4S2/c25-20(14-27-13-15-5-2-1-3-6-15)24-9-4-10-28-18-8-7-16(11-17(18)24)12-19-21(26)23-22(29)30-19/h1-3,5-8,11-12H,4,9-10,13-14H2,(H,23,26,29). The summed E-state index contributed by atoms with van der Waals surface area (Å²) in [7, 11) is 0. The van der Waals surface area contributed by atoms with Crippen LogP contribution in [-0.2, 0) is 20.9 Å². The smallest absolute Gasteiger partial charge is 0.263 e. The molecule has 0 atom stereocenters. The molecule has 2 amide bonds. The zero-order valence-corrected chi connectivity index (χ0v) is 17.8. The van der Waals surface area contributed by atoms with Gasteiger partial charge in [-0.1, -0.05) is 60.4 Å². The number of carbonyl (C=O) groups is 2. The number of thioether (sulfide) groups is 1. The molecule has 2 aromatic rings. The van der Waals surface area contributed by atoms with Crippen molar-refractivity contribution in [1.82, 2.24) is 5.32 Å². The summed E-state index contributed by atoms with van der Waals surface area (Å²) in [6, 6.07) is 15.3. The predicted octanol–water partition coefficient (Wildman–Crippen LogP) is 3.51. The average molecular weight is 441 g/mol. The van der Waals surface area contributed by atoms with Crippen molar-refractivity contribution in [2.75, 3.05) is 24.7 Å². The van der Waals surface area contributed by atoms with Gasteiger partial charge in [-0.15, -0.1) is 0 Å². The fourth-order valence-electron chi connectivity index (χ4n) is 3.22. The van der Waals surface area contributed by atoms with E-state index in [-0.39, 0.29) is 18.4 Å². The largest absolute Gasteiger partial charge is 0.491 e. The first kappa shape index (κ1) is 20.6. The highest BCUT2D eigenvalue weighted by atomic mass is 32.2. The van der Waals surface area contributed by atoms with E-state index in [9.17, 15) is 9.59 Å². The maximum Gasteiger partial charge on any atom is 0.263 e. The molecule has 0 saturated carbocycles. The van der Waals surface area contributed by atoms with Gasteiger partial charge in [0.2, 0.25) is 0 Å². The Balaban J connectivity index is 1.51. The van der Waals surface area contributed by atoms with Crippen molar-refractivity contribution in [2.24, 2.45) is 0 Å². The molecule has 2 aliphatic rings. The minimum absolute atomic E-state index is 0.0216. The lowest BCUT2D eigenvalue weighted by atomic mass is 10.1. The molecule has 0 radical (unpaired) electrons. The van der Waals surface area contributed by atoms with Crippen molar-refractivity contribution >= 4 is 51.9 Å². The van der Waals surface area contributed by atoms with Gasteiger partial charge in [-0.25, -0.2) is 0 Å². The molecule has 0 spiro atoms. The van der Waals surface area contributed by atoms with Crippen LogP contribution in [-0.4, -0.2) is 35.9 Å². The summed E-state index contributed by atoms with van der Waals surface area (Å²) in [6.45, 7) is 1.43. The fourth-order valence-corrected chi connectivity index (χ4v) is 4.27. The Bertz CT molecular complexity index is 1010. The number of thiocarbonyl (C=S) groups is 1. The van der Waals surface area contributed by atoms with Crippen LogP contribution >= 0.6 is 24.0 Å². The minimum Gasteiger partial charge on any atom is -0.491 e. The highest BCUT2D eigenvalue weighted by Crippen LogP contribution is 2.34. The second-order valence-electron chi connectivity index (χ2n) is 6.81.